The van der Waals surface area contributed by atoms with Gasteiger partial charge in [-0.1, -0.05) is 84.9 Å². The van der Waals surface area contributed by atoms with Crippen LogP contribution in [0, 0.1) is 0 Å². The molecular weight excluding hydrogens is 770 g/mol. The van der Waals surface area contributed by atoms with Gasteiger partial charge in [0.25, 0.3) is 10.9 Å². The largest absolute Gasteiger partial charge is 2.00 e. The standard InChI is InChI=1S/C46H34N4O6.Zn/c1-23(2)55-45-39(41(51)43(45)53)37-31-19-15-27(47-31)35(25-11-7-5-8-12-25)29-17-21-33(49-29)38(40-42(52)44(54)46(40)56-24(3)4)34-22-18-30(50-34)36(26-13-9-6-10-14-26)28-16-20-32(37)48-28;/h5-24H,1-4H3,(H2,47,48,49,50,51,52,53,54);/q;+2/p-2. The SMILES string of the molecule is CC(C)Oc1c(-c2c3nc(c(-c4ccccc4)c4ccc([n-]4)c(-c4c(OC(C)C)c(=O)c4=O)c4nc(c(-c5ccccc5)c5ccc2[n-]5)C=C4)C=C3)c(=O)c1=O.[Zn+2]. The summed E-state index contributed by atoms with van der Waals surface area (Å²) in [6, 6.07) is 26.5. The van der Waals surface area contributed by atoms with Crippen LogP contribution in [0.25, 0.3) is 90.9 Å². The Labute approximate surface area is 338 Å². The summed E-state index contributed by atoms with van der Waals surface area (Å²) < 4.78 is 11.8. The number of aromatic nitrogens is 4. The molecule has 0 amide bonds. The second kappa shape index (κ2) is 14.5. The van der Waals surface area contributed by atoms with Gasteiger partial charge in [-0.2, -0.15) is 0 Å². The third-order valence-electron chi connectivity index (χ3n) is 9.67. The van der Waals surface area contributed by atoms with E-state index in [0.717, 1.165) is 11.1 Å². The fourth-order valence-electron chi connectivity index (χ4n) is 7.29. The van der Waals surface area contributed by atoms with E-state index in [0.29, 0.717) is 67.1 Å². The minimum Gasteiger partial charge on any atom is -0.657 e. The van der Waals surface area contributed by atoms with Gasteiger partial charge in [-0.3, -0.25) is 19.2 Å². The van der Waals surface area contributed by atoms with Gasteiger partial charge in [0.1, 0.15) is 0 Å². The molecule has 4 aromatic carbocycles. The van der Waals surface area contributed by atoms with Gasteiger partial charge >= 0.3 is 19.5 Å². The zero-order valence-corrected chi connectivity index (χ0v) is 34.5. The Morgan fingerprint density at radius 3 is 1.07 bits per heavy atom. The monoisotopic (exact) mass is 800 g/mol. The van der Waals surface area contributed by atoms with Crippen LogP contribution >= 0.6 is 0 Å². The summed E-state index contributed by atoms with van der Waals surface area (Å²) in [5.41, 5.74) is 5.05. The molecule has 274 valence electrons. The zero-order valence-electron chi connectivity index (χ0n) is 31.5. The van der Waals surface area contributed by atoms with Gasteiger partial charge in [0.15, 0.2) is 11.5 Å². The van der Waals surface area contributed by atoms with Crippen molar-refractivity contribution in [3.05, 3.63) is 149 Å². The van der Waals surface area contributed by atoms with Gasteiger partial charge in [0.05, 0.1) is 46.1 Å². The molecule has 0 aliphatic carbocycles. The smallest absolute Gasteiger partial charge is 0.657 e. The van der Waals surface area contributed by atoms with E-state index in [2.05, 4.69) is 0 Å². The predicted octanol–water partition coefficient (Wildman–Crippen LogP) is 7.35. The Bertz CT molecular complexity index is 2910. The summed E-state index contributed by atoms with van der Waals surface area (Å²) in [6.45, 7) is 7.18. The van der Waals surface area contributed by atoms with E-state index in [9.17, 15) is 19.2 Å². The second-order valence-corrected chi connectivity index (χ2v) is 14.2. The maximum atomic E-state index is 13.5. The normalized spacial score (nSPS) is 12.2. The molecule has 0 saturated carbocycles. The molecule has 9 rings (SSSR count). The van der Waals surface area contributed by atoms with Crippen molar-refractivity contribution in [2.45, 2.75) is 39.9 Å². The first-order valence-electron chi connectivity index (χ1n) is 18.3. The number of fused-ring (bicyclic) bond motifs is 8. The van der Waals surface area contributed by atoms with Crippen LogP contribution in [-0.4, -0.2) is 22.2 Å². The van der Waals surface area contributed by atoms with Crippen LogP contribution in [0.3, 0.4) is 0 Å². The van der Waals surface area contributed by atoms with E-state index in [1.807, 2.05) is 84.9 Å². The van der Waals surface area contributed by atoms with E-state index in [1.54, 1.807) is 52.0 Å². The number of benzene rings is 2. The molecule has 0 atom stereocenters. The summed E-state index contributed by atoms with van der Waals surface area (Å²) in [5.74, 6) is -0.0372. The Hall–Kier alpha value is -6.58. The Morgan fingerprint density at radius 2 is 0.737 bits per heavy atom. The van der Waals surface area contributed by atoms with Crippen molar-refractivity contribution in [2.75, 3.05) is 0 Å². The molecule has 2 aliphatic heterocycles. The molecular formula is C46H32N4O6Zn. The number of ether oxygens (including phenoxy) is 2. The summed E-state index contributed by atoms with van der Waals surface area (Å²) in [6.07, 6.45) is 6.54. The molecule has 57 heavy (non-hydrogen) atoms. The number of hydrogen-bond donors (Lipinski definition) is 0. The van der Waals surface area contributed by atoms with Crippen molar-refractivity contribution in [1.29, 1.82) is 0 Å². The van der Waals surface area contributed by atoms with Crippen LogP contribution < -0.4 is 41.2 Å². The van der Waals surface area contributed by atoms with Gasteiger partial charge in [0, 0.05) is 11.1 Å². The first-order chi connectivity index (χ1) is 27.1. The molecule has 10 nitrogen and oxygen atoms in total. The Kier molecular flexibility index (Phi) is 9.50. The minimum atomic E-state index is -0.697. The maximum Gasteiger partial charge on any atom is 2.00 e. The first-order valence-corrected chi connectivity index (χ1v) is 18.3. The van der Waals surface area contributed by atoms with Crippen molar-refractivity contribution in [1.82, 2.24) is 19.9 Å². The number of hydrogen-bond acceptors (Lipinski definition) is 8. The fraction of sp³-hybridized carbons (Fsp3) is 0.130. The average molecular weight is 802 g/mol. The molecule has 0 fully saturated rings. The molecule has 7 aromatic rings. The number of rotatable bonds is 8. The first kappa shape index (κ1) is 37.4. The van der Waals surface area contributed by atoms with Crippen LogP contribution in [0.4, 0.5) is 0 Å². The van der Waals surface area contributed by atoms with Crippen LogP contribution in [0.1, 0.15) is 50.5 Å². The molecule has 0 unspecified atom stereocenters. The topological polar surface area (TPSA) is 141 Å². The molecule has 5 heterocycles. The average Bonchev–Trinajstić information content (AvgIpc) is 4.04. The van der Waals surface area contributed by atoms with Gasteiger partial charge in [0.2, 0.25) is 10.9 Å². The van der Waals surface area contributed by atoms with Crippen LogP contribution in [0.15, 0.2) is 104 Å². The summed E-state index contributed by atoms with van der Waals surface area (Å²) >= 11 is 0. The van der Waals surface area contributed by atoms with Crippen molar-refractivity contribution in [3.8, 4) is 56.0 Å². The van der Waals surface area contributed by atoms with Crippen molar-refractivity contribution in [2.24, 2.45) is 0 Å². The molecule has 3 aromatic heterocycles. The maximum absolute atomic E-state index is 13.5. The van der Waals surface area contributed by atoms with E-state index in [4.69, 9.17) is 29.4 Å². The molecule has 8 bridgehead atoms. The van der Waals surface area contributed by atoms with Crippen LogP contribution in [-0.2, 0) is 19.5 Å². The van der Waals surface area contributed by atoms with Crippen LogP contribution in [0.2, 0.25) is 0 Å². The number of nitrogens with zero attached hydrogens (tertiary/aromatic N) is 4. The third-order valence-corrected chi connectivity index (χ3v) is 9.67. The Balaban J connectivity index is 0.00000455. The molecule has 11 heteroatoms. The molecule has 0 saturated heterocycles. The van der Waals surface area contributed by atoms with Crippen LogP contribution in [0.5, 0.6) is 11.5 Å². The summed E-state index contributed by atoms with van der Waals surface area (Å²) in [5, 5.41) is 0. The van der Waals surface area contributed by atoms with Crippen molar-refractivity contribution >= 4 is 46.4 Å². The second-order valence-electron chi connectivity index (χ2n) is 14.2. The summed E-state index contributed by atoms with van der Waals surface area (Å²) in [7, 11) is 0. The molecule has 0 radical (unpaired) electrons. The molecule has 2 aliphatic rings. The van der Waals surface area contributed by atoms with E-state index in [1.165, 1.54) is 0 Å². The predicted molar refractivity (Wildman–Crippen MR) is 220 cm³/mol. The quantitative estimate of drug-likeness (QED) is 0.113. The van der Waals surface area contributed by atoms with Gasteiger partial charge < -0.3 is 19.4 Å². The third kappa shape index (κ3) is 6.24. The van der Waals surface area contributed by atoms with E-state index < -0.39 is 21.7 Å². The summed E-state index contributed by atoms with van der Waals surface area (Å²) in [4.78, 5) is 73.3. The Morgan fingerprint density at radius 1 is 0.421 bits per heavy atom. The molecule has 0 spiro atoms. The minimum absolute atomic E-state index is 0. The van der Waals surface area contributed by atoms with E-state index in [-0.39, 0.29) is 54.3 Å². The molecule has 0 N–H and O–H groups in total. The van der Waals surface area contributed by atoms with Crippen molar-refractivity contribution in [3.63, 3.8) is 0 Å². The van der Waals surface area contributed by atoms with Gasteiger partial charge in [-0.05, 0) is 74.3 Å². The van der Waals surface area contributed by atoms with Gasteiger partial charge in [-0.15, -0.1) is 22.1 Å². The zero-order chi connectivity index (χ0) is 38.8. The van der Waals surface area contributed by atoms with Crippen molar-refractivity contribution < 1.29 is 29.0 Å². The van der Waals surface area contributed by atoms with Gasteiger partial charge in [-0.25, -0.2) is 9.97 Å². The van der Waals surface area contributed by atoms with E-state index >= 15 is 0 Å². The fourth-order valence-corrected chi connectivity index (χ4v) is 7.29.